The Kier molecular flexibility index (Phi) is 5.16. The summed E-state index contributed by atoms with van der Waals surface area (Å²) in [4.78, 5) is 27.8. The molecular weight excluding hydrogens is 306 g/mol. The van der Waals surface area contributed by atoms with Gasteiger partial charge in [-0.05, 0) is 19.1 Å². The number of rotatable bonds is 6. The first kappa shape index (κ1) is 16.0. The van der Waals surface area contributed by atoms with E-state index in [-0.39, 0.29) is 12.5 Å². The maximum Gasteiger partial charge on any atom is 0.316 e. The van der Waals surface area contributed by atoms with Crippen molar-refractivity contribution in [3.05, 3.63) is 41.5 Å². The summed E-state index contributed by atoms with van der Waals surface area (Å²) in [5.41, 5.74) is 0.417. The summed E-state index contributed by atoms with van der Waals surface area (Å²) < 4.78 is 4.82. The molecule has 1 unspecified atom stereocenters. The molecule has 1 heterocycles. The van der Waals surface area contributed by atoms with Crippen LogP contribution in [0.4, 0.5) is 0 Å². The number of nitrogens with one attached hydrogen (secondary N) is 1. The molecule has 0 saturated heterocycles. The van der Waals surface area contributed by atoms with Gasteiger partial charge in [-0.1, -0.05) is 17.3 Å². The van der Waals surface area contributed by atoms with Gasteiger partial charge in [-0.15, -0.1) is 11.8 Å². The predicted octanol–water partition coefficient (Wildman–Crippen LogP) is 1.87. The third kappa shape index (κ3) is 4.08. The minimum Gasteiger partial charge on any atom is -0.480 e. The first-order chi connectivity index (χ1) is 10.5. The van der Waals surface area contributed by atoms with E-state index in [1.54, 1.807) is 38.1 Å². The molecule has 0 fully saturated rings. The monoisotopic (exact) mass is 321 g/mol. The van der Waals surface area contributed by atoms with Crippen LogP contribution in [0.1, 0.15) is 29.0 Å². The number of carboxylic acid groups (broad SMARTS) is 1. The number of carbonyl (C=O) groups excluding carboxylic acids is 1. The lowest BCUT2D eigenvalue weighted by Crippen LogP contribution is -2.24. The second-order valence-electron chi connectivity index (χ2n) is 4.51. The first-order valence-electron chi connectivity index (χ1n) is 6.53. The number of amides is 1. The quantitative estimate of drug-likeness (QED) is 0.782. The summed E-state index contributed by atoms with van der Waals surface area (Å²) >= 11 is 1.12. The van der Waals surface area contributed by atoms with E-state index in [9.17, 15) is 9.59 Å². The van der Waals surface area contributed by atoms with Gasteiger partial charge in [0.25, 0.3) is 5.91 Å². The fraction of sp³-hybridized carbons (Fsp3) is 0.286. The molecule has 2 N–H and O–H groups in total. The van der Waals surface area contributed by atoms with Crippen molar-refractivity contribution in [2.24, 2.45) is 0 Å². The molecule has 116 valence electrons. The molecule has 2 rings (SSSR count). The van der Waals surface area contributed by atoms with Gasteiger partial charge in [-0.3, -0.25) is 9.59 Å². The van der Waals surface area contributed by atoms with Gasteiger partial charge in [-0.25, -0.2) is 0 Å². The van der Waals surface area contributed by atoms with E-state index < -0.39 is 11.2 Å². The maximum atomic E-state index is 12.2. The van der Waals surface area contributed by atoms with Crippen molar-refractivity contribution in [2.75, 3.05) is 0 Å². The molecule has 0 aliphatic heterocycles. The number of nitrogens with zero attached hydrogens (tertiary/aromatic N) is 2. The predicted molar refractivity (Wildman–Crippen MR) is 79.6 cm³/mol. The highest BCUT2D eigenvalue weighted by Gasteiger charge is 2.18. The van der Waals surface area contributed by atoms with Gasteiger partial charge < -0.3 is 14.9 Å². The Hall–Kier alpha value is -2.35. The van der Waals surface area contributed by atoms with Crippen LogP contribution in [-0.4, -0.2) is 32.4 Å². The number of aryl methyl sites for hydroxylation is 1. The molecule has 0 bridgehead atoms. The topological polar surface area (TPSA) is 105 Å². The SMILES string of the molecule is Cc1nc(CNC(=O)c2ccccc2SC(C)C(=O)O)no1. The average molecular weight is 321 g/mol. The highest BCUT2D eigenvalue weighted by Crippen LogP contribution is 2.27. The highest BCUT2D eigenvalue weighted by atomic mass is 32.2. The van der Waals surface area contributed by atoms with Crippen molar-refractivity contribution in [1.29, 1.82) is 0 Å². The van der Waals surface area contributed by atoms with E-state index in [4.69, 9.17) is 9.63 Å². The zero-order valence-corrected chi connectivity index (χ0v) is 12.9. The molecule has 0 radical (unpaired) electrons. The molecule has 1 amide bonds. The molecule has 1 aromatic carbocycles. The molecule has 22 heavy (non-hydrogen) atoms. The number of carboxylic acids is 1. The van der Waals surface area contributed by atoms with Gasteiger partial charge in [0.1, 0.15) is 5.25 Å². The average Bonchev–Trinajstić information content (AvgIpc) is 2.91. The molecule has 0 aliphatic rings. The van der Waals surface area contributed by atoms with Crippen LogP contribution < -0.4 is 5.32 Å². The van der Waals surface area contributed by atoms with Crippen LogP contribution >= 0.6 is 11.8 Å². The van der Waals surface area contributed by atoms with E-state index in [2.05, 4.69) is 15.5 Å². The van der Waals surface area contributed by atoms with Gasteiger partial charge in [-0.2, -0.15) is 4.98 Å². The normalized spacial score (nSPS) is 11.9. The largest absolute Gasteiger partial charge is 0.480 e. The van der Waals surface area contributed by atoms with Gasteiger partial charge in [0, 0.05) is 11.8 Å². The van der Waals surface area contributed by atoms with Crippen molar-refractivity contribution in [3.8, 4) is 0 Å². The Morgan fingerprint density at radius 1 is 1.41 bits per heavy atom. The maximum absolute atomic E-state index is 12.2. The Balaban J connectivity index is 2.07. The van der Waals surface area contributed by atoms with Crippen LogP contribution in [0.25, 0.3) is 0 Å². The zero-order chi connectivity index (χ0) is 16.1. The molecule has 0 spiro atoms. The van der Waals surface area contributed by atoms with Crippen LogP contribution in [0, 0.1) is 6.92 Å². The molecule has 2 aromatic rings. The van der Waals surface area contributed by atoms with Gasteiger partial charge in [0.2, 0.25) is 5.89 Å². The third-order valence-electron chi connectivity index (χ3n) is 2.76. The van der Waals surface area contributed by atoms with Crippen LogP contribution in [-0.2, 0) is 11.3 Å². The molecule has 8 heteroatoms. The van der Waals surface area contributed by atoms with Gasteiger partial charge in [0.15, 0.2) is 5.82 Å². The van der Waals surface area contributed by atoms with Crippen molar-refractivity contribution in [1.82, 2.24) is 15.5 Å². The zero-order valence-electron chi connectivity index (χ0n) is 12.1. The van der Waals surface area contributed by atoms with E-state index in [0.29, 0.717) is 22.2 Å². The van der Waals surface area contributed by atoms with Crippen molar-refractivity contribution >= 4 is 23.6 Å². The van der Waals surface area contributed by atoms with E-state index in [0.717, 1.165) is 11.8 Å². The minimum absolute atomic E-state index is 0.143. The fourth-order valence-electron chi connectivity index (χ4n) is 1.67. The Bertz CT molecular complexity index is 686. The summed E-state index contributed by atoms with van der Waals surface area (Å²) in [7, 11) is 0. The lowest BCUT2D eigenvalue weighted by atomic mass is 10.2. The number of aliphatic carboxylic acids is 1. The van der Waals surface area contributed by atoms with Crippen molar-refractivity contribution in [2.45, 2.75) is 30.5 Å². The summed E-state index contributed by atoms with van der Waals surface area (Å²) in [5, 5.41) is 14.7. The van der Waals surface area contributed by atoms with E-state index >= 15 is 0 Å². The highest BCUT2D eigenvalue weighted by molar-refractivity contribution is 8.00. The fourth-order valence-corrected chi connectivity index (χ4v) is 2.59. The van der Waals surface area contributed by atoms with Crippen LogP contribution in [0.3, 0.4) is 0 Å². The molecule has 1 atom stereocenters. The second-order valence-corrected chi connectivity index (χ2v) is 5.89. The van der Waals surface area contributed by atoms with Gasteiger partial charge in [0.05, 0.1) is 12.1 Å². The van der Waals surface area contributed by atoms with Crippen molar-refractivity contribution < 1.29 is 19.2 Å². The van der Waals surface area contributed by atoms with Gasteiger partial charge >= 0.3 is 5.97 Å². The first-order valence-corrected chi connectivity index (χ1v) is 7.41. The number of carbonyl (C=O) groups is 2. The summed E-state index contributed by atoms with van der Waals surface area (Å²) in [6, 6.07) is 6.85. The molecular formula is C14H15N3O4S. The minimum atomic E-state index is -0.928. The Morgan fingerprint density at radius 2 is 2.14 bits per heavy atom. The standard InChI is InChI=1S/C14H15N3O4S/c1-8(14(19)20)22-11-6-4-3-5-10(11)13(18)15-7-12-16-9(2)21-17-12/h3-6,8H,7H2,1-2H3,(H,15,18)(H,19,20). The summed E-state index contributed by atoms with van der Waals surface area (Å²) in [6.07, 6.45) is 0. The lowest BCUT2D eigenvalue weighted by Gasteiger charge is -2.11. The number of hydrogen-bond acceptors (Lipinski definition) is 6. The number of benzene rings is 1. The second kappa shape index (κ2) is 7.08. The molecule has 0 aliphatic carbocycles. The van der Waals surface area contributed by atoms with Crippen LogP contribution in [0.5, 0.6) is 0 Å². The van der Waals surface area contributed by atoms with E-state index in [1.165, 1.54) is 0 Å². The number of thioether (sulfide) groups is 1. The third-order valence-corrected chi connectivity index (χ3v) is 3.93. The molecule has 1 aromatic heterocycles. The summed E-state index contributed by atoms with van der Waals surface area (Å²) in [5.74, 6) is -0.434. The van der Waals surface area contributed by atoms with Crippen LogP contribution in [0.2, 0.25) is 0 Å². The molecule has 7 nitrogen and oxygen atoms in total. The smallest absolute Gasteiger partial charge is 0.316 e. The van der Waals surface area contributed by atoms with Crippen LogP contribution in [0.15, 0.2) is 33.7 Å². The number of aromatic nitrogens is 2. The van der Waals surface area contributed by atoms with E-state index in [1.807, 2.05) is 0 Å². The van der Waals surface area contributed by atoms with Crippen molar-refractivity contribution in [3.63, 3.8) is 0 Å². The Labute approximate surface area is 131 Å². The number of hydrogen-bond donors (Lipinski definition) is 2. The Morgan fingerprint density at radius 3 is 2.77 bits per heavy atom. The lowest BCUT2D eigenvalue weighted by molar-refractivity contribution is -0.136. The summed E-state index contributed by atoms with van der Waals surface area (Å²) in [6.45, 7) is 3.38. The molecule has 0 saturated carbocycles.